The van der Waals surface area contributed by atoms with Crippen LogP contribution in [0.3, 0.4) is 0 Å². The van der Waals surface area contributed by atoms with Crippen molar-refractivity contribution in [2.45, 2.75) is 224 Å². The summed E-state index contributed by atoms with van der Waals surface area (Å²) in [5, 5.41) is 82.6. The van der Waals surface area contributed by atoms with Gasteiger partial charge in [-0.25, -0.2) is 14.4 Å². The summed E-state index contributed by atoms with van der Waals surface area (Å²) in [5.74, 6) is -22.4. The number of nitrogens with two attached hydrogens (primary N) is 4. The van der Waals surface area contributed by atoms with Gasteiger partial charge < -0.3 is 111 Å². The van der Waals surface area contributed by atoms with E-state index in [4.69, 9.17) is 47.5 Å². The summed E-state index contributed by atoms with van der Waals surface area (Å²) < 4.78 is 69.4. The Morgan fingerprint density at radius 2 is 1.13 bits per heavy atom. The lowest BCUT2D eigenvalue weighted by Gasteiger charge is -2.34. The number of hydrogen-bond donors (Lipinski definition) is 20. The fraction of sp³-hybridized carbons (Fsp3) is 0.672. The quantitative estimate of drug-likeness (QED) is 0.0165. The second-order valence-corrected chi connectivity index (χ2v) is 26.4. The molecule has 0 aromatic heterocycles. The van der Waals surface area contributed by atoms with E-state index < -0.39 is 205 Å². The van der Waals surface area contributed by atoms with Crippen molar-refractivity contribution in [1.82, 2.24) is 53.2 Å². The van der Waals surface area contributed by atoms with Crippen molar-refractivity contribution in [3.8, 4) is 0 Å². The van der Waals surface area contributed by atoms with Gasteiger partial charge in [0.05, 0.1) is 31.4 Å². The van der Waals surface area contributed by atoms with Crippen LogP contribution in [-0.4, -0.2) is 230 Å². The number of guanidine groups is 1. The van der Waals surface area contributed by atoms with Gasteiger partial charge in [0.15, 0.2) is 24.2 Å². The lowest BCUT2D eigenvalue weighted by Crippen LogP contribution is -2.64. The smallest absolute Gasteiger partial charge is 0.475 e. The van der Waals surface area contributed by atoms with Gasteiger partial charge in [-0.2, -0.15) is 26.3 Å². The number of benzene rings is 1. The van der Waals surface area contributed by atoms with Crippen LogP contribution >= 0.6 is 0 Å². The number of halogens is 6. The Bertz CT molecular complexity index is 3140. The zero-order valence-corrected chi connectivity index (χ0v) is 59.9. The highest BCUT2D eigenvalue weighted by Gasteiger charge is 2.45. The largest absolute Gasteiger partial charge is 0.490 e. The maximum absolute atomic E-state index is 15.4. The van der Waals surface area contributed by atoms with E-state index in [1.54, 1.807) is 41.5 Å². The average molecular weight is 1530 g/mol. The fourth-order valence-corrected chi connectivity index (χ4v) is 10.3. The molecule has 11 amide bonds. The van der Waals surface area contributed by atoms with Crippen molar-refractivity contribution in [2.24, 2.45) is 57.5 Å². The molecule has 42 heteroatoms. The molecule has 2 aliphatic rings. The summed E-state index contributed by atoms with van der Waals surface area (Å²) in [6.45, 7) is 11.8. The van der Waals surface area contributed by atoms with Gasteiger partial charge >= 0.3 is 30.3 Å². The Labute approximate surface area is 605 Å². The summed E-state index contributed by atoms with van der Waals surface area (Å²) in [4.78, 5) is 192. The number of carboxylic acids is 2. The number of ether oxygens (including phenoxy) is 1. The summed E-state index contributed by atoms with van der Waals surface area (Å²) in [5.41, 5.74) is 22.8. The molecule has 0 spiro atoms. The van der Waals surface area contributed by atoms with Crippen LogP contribution in [-0.2, 0) is 71.9 Å². The van der Waals surface area contributed by atoms with Crippen molar-refractivity contribution in [3.63, 3.8) is 0 Å². The van der Waals surface area contributed by atoms with Crippen LogP contribution in [0, 0.1) is 29.6 Å². The van der Waals surface area contributed by atoms with Gasteiger partial charge in [0, 0.05) is 6.54 Å². The summed E-state index contributed by atoms with van der Waals surface area (Å²) in [6, 6.07) is -10.6. The lowest BCUT2D eigenvalue weighted by molar-refractivity contribution is -0.193. The number of aliphatic hydroxyl groups is 4. The number of aliphatic imine (C=N–C) groups is 1. The average Bonchev–Trinajstić information content (AvgIpc) is 1.35. The highest BCUT2D eigenvalue weighted by atomic mass is 19.4. The SMILES string of the molecule is CC[C@H](C)[C@@H]1NC(=O)[C@@H](CCCN=C(N)N)NC(=O)[C@H](CC(C)C)NC(=O)[C@H]([C@H](O)C(C)C)NC(=O)[C@@H](NC(=O)[C@H](CC(C)C)NC(=O)[C@H](N)CC2CCCC2)[C@@H](c2ccccc2)OC(=O)[C@H](CO)NC(=O)[C@H]([C@H](O)C(N)=O)NC(=O)CNC(=O)[C@H]([C@H](C)O)NC1=O.O=C(O)C(F)(F)F.O=C(O)C(F)(F)F. The molecule has 0 bridgehead atoms. The van der Waals surface area contributed by atoms with E-state index in [0.29, 0.717) is 6.42 Å². The number of nitrogens with one attached hydrogen (secondary N) is 10. The molecule has 106 heavy (non-hydrogen) atoms. The lowest BCUT2D eigenvalue weighted by atomic mass is 9.95. The van der Waals surface area contributed by atoms with Gasteiger partial charge in [0.1, 0.15) is 48.3 Å². The van der Waals surface area contributed by atoms with Crippen molar-refractivity contribution in [2.75, 3.05) is 19.7 Å². The molecule has 15 atom stereocenters. The van der Waals surface area contributed by atoms with E-state index in [0.717, 1.165) is 32.6 Å². The first-order valence-electron chi connectivity index (χ1n) is 33.7. The van der Waals surface area contributed by atoms with Crippen molar-refractivity contribution < 1.29 is 129 Å². The monoisotopic (exact) mass is 1530 g/mol. The fourth-order valence-electron chi connectivity index (χ4n) is 10.3. The molecular weight excluding hydrogens is 1430 g/mol. The zero-order valence-electron chi connectivity index (χ0n) is 59.9. The minimum absolute atomic E-state index is 0.0456. The maximum atomic E-state index is 15.4. The third kappa shape index (κ3) is 33.3. The van der Waals surface area contributed by atoms with Crippen LogP contribution in [0.1, 0.15) is 138 Å². The minimum atomic E-state index is -5.08. The number of esters is 1. The maximum Gasteiger partial charge on any atom is 0.490 e. The third-order valence-corrected chi connectivity index (χ3v) is 16.3. The number of carbonyl (C=O) groups is 14. The molecule has 1 heterocycles. The first-order valence-corrected chi connectivity index (χ1v) is 33.7. The van der Waals surface area contributed by atoms with Gasteiger partial charge in [0.2, 0.25) is 65.0 Å². The number of carboxylic acid groups (broad SMARTS) is 2. The summed E-state index contributed by atoms with van der Waals surface area (Å²) in [6.07, 6.45) is -14.4. The molecule has 0 unspecified atom stereocenters. The highest BCUT2D eigenvalue weighted by Crippen LogP contribution is 2.29. The van der Waals surface area contributed by atoms with E-state index in [9.17, 15) is 99.5 Å². The van der Waals surface area contributed by atoms with Gasteiger partial charge in [-0.05, 0) is 74.2 Å². The van der Waals surface area contributed by atoms with E-state index in [1.807, 2.05) is 10.6 Å². The highest BCUT2D eigenvalue weighted by molar-refractivity contribution is 6.00. The number of primary amides is 1. The Morgan fingerprint density at radius 3 is 1.61 bits per heavy atom. The molecule has 24 N–H and O–H groups in total. The third-order valence-electron chi connectivity index (χ3n) is 16.3. The second-order valence-electron chi connectivity index (χ2n) is 26.4. The molecule has 1 aliphatic heterocycles. The van der Waals surface area contributed by atoms with Gasteiger partial charge in [0.25, 0.3) is 0 Å². The molecule has 1 aromatic carbocycles. The number of aliphatic hydroxyl groups excluding tert-OH is 4. The number of carbonyl (C=O) groups excluding carboxylic acids is 12. The van der Waals surface area contributed by atoms with Crippen molar-refractivity contribution in [1.29, 1.82) is 0 Å². The first kappa shape index (κ1) is 94.5. The number of amides is 11. The summed E-state index contributed by atoms with van der Waals surface area (Å²) in [7, 11) is 0. The number of hydrogen-bond acceptors (Lipinski definition) is 21. The molecular formula is C64H101F6N15O21. The van der Waals surface area contributed by atoms with Crippen LogP contribution in [0.5, 0.6) is 0 Å². The molecule has 3 rings (SSSR count). The normalized spacial score (nSPS) is 23.6. The topological polar surface area (TPSA) is 606 Å². The number of nitrogens with zero attached hydrogens (tertiary/aromatic N) is 1. The zero-order chi connectivity index (χ0) is 81.4. The van der Waals surface area contributed by atoms with Crippen molar-refractivity contribution >= 4 is 88.8 Å². The van der Waals surface area contributed by atoms with Gasteiger partial charge in [-0.1, -0.05) is 118 Å². The van der Waals surface area contributed by atoms with Crippen LogP contribution in [0.4, 0.5) is 26.3 Å². The molecule has 1 saturated heterocycles. The van der Waals surface area contributed by atoms with E-state index in [2.05, 4.69) is 47.5 Å². The first-order chi connectivity index (χ1) is 49.1. The van der Waals surface area contributed by atoms with E-state index in [1.165, 1.54) is 44.2 Å². The van der Waals surface area contributed by atoms with Crippen LogP contribution in [0.15, 0.2) is 35.3 Å². The number of cyclic esters (lactones) is 1. The standard InChI is InChI=1S/C60H99N15O17.2C2HF3O2/c1-10-31(8)41-55(87)73-42(32(9)77)54(86)66-26-40(78)71-44(47(80)49(62)81)57(89)70-39(27-76)59(91)92-48(34-19-12-11-13-20-34)45(75-53(85)38(24-29(4)5)68-50(82)35(61)25-33-17-14-15-18-33)58(90)74-43(46(79)30(6)7)56(88)69-37(23-28(2)3)52(84)67-36(51(83)72-41)21-16-22-65-60(63)64;2*3-2(4,5)1(6)7/h11-13,19-20,28-33,35-39,41-48,76-77,79-80H,10,14-18,21-27,61H2,1-9H3,(H2,62,81)(H,66,86)(H,67,84)(H,68,82)(H,69,88)(H,70,89)(H,71,78)(H,72,83)(H,73,87)(H,74,90)(H,75,85)(H4,63,64,65);2*(H,6,7)/t31-,32-,35+,36+,37-,38-,39-,41-,42-,43-,44-,45-,46+,47-,48+;;/m0../s1. The molecule has 2 fully saturated rings. The number of aliphatic carboxylic acids is 2. The van der Waals surface area contributed by atoms with Crippen LogP contribution in [0.25, 0.3) is 0 Å². The van der Waals surface area contributed by atoms with E-state index >= 15 is 4.79 Å². The second kappa shape index (κ2) is 45.1. The van der Waals surface area contributed by atoms with Gasteiger partial charge in [-0.15, -0.1) is 0 Å². The van der Waals surface area contributed by atoms with Crippen LogP contribution in [0.2, 0.25) is 0 Å². The Hall–Kier alpha value is -9.55. The Morgan fingerprint density at radius 1 is 0.632 bits per heavy atom. The molecule has 1 aromatic rings. The summed E-state index contributed by atoms with van der Waals surface area (Å²) >= 11 is 0. The molecule has 1 aliphatic carbocycles. The number of rotatable bonds is 23. The number of alkyl halides is 6. The molecule has 0 radical (unpaired) electrons. The minimum Gasteiger partial charge on any atom is -0.475 e. The molecule has 600 valence electrons. The van der Waals surface area contributed by atoms with Gasteiger partial charge in [-0.3, -0.25) is 57.7 Å². The van der Waals surface area contributed by atoms with E-state index in [-0.39, 0.29) is 67.9 Å². The molecule has 1 saturated carbocycles. The molecule has 36 nitrogen and oxygen atoms in total. The predicted octanol–water partition coefficient (Wildman–Crippen LogP) is -3.63. The Kier molecular flexibility index (Phi) is 40.2. The Balaban J connectivity index is 0.00000362. The van der Waals surface area contributed by atoms with Crippen LogP contribution < -0.4 is 76.1 Å². The van der Waals surface area contributed by atoms with Crippen molar-refractivity contribution in [3.05, 3.63) is 35.9 Å². The predicted molar refractivity (Wildman–Crippen MR) is 361 cm³/mol.